The number of carbonyl (C=O) groups is 2. The zero-order valence-electron chi connectivity index (χ0n) is 19.3. The van der Waals surface area contributed by atoms with Crippen molar-refractivity contribution in [3.63, 3.8) is 0 Å². The lowest BCUT2D eigenvalue weighted by Crippen LogP contribution is -2.21. The Morgan fingerprint density at radius 2 is 1.82 bits per heavy atom. The number of nitrogens with zero attached hydrogens (tertiary/aromatic N) is 1. The summed E-state index contributed by atoms with van der Waals surface area (Å²) < 4.78 is 13.8. The van der Waals surface area contributed by atoms with E-state index in [1.165, 1.54) is 32.1 Å². The molecule has 1 saturated carbocycles. The summed E-state index contributed by atoms with van der Waals surface area (Å²) in [6.07, 6.45) is 8.70. The highest BCUT2D eigenvalue weighted by molar-refractivity contribution is 5.91. The molecule has 1 unspecified atom stereocenters. The van der Waals surface area contributed by atoms with Crippen molar-refractivity contribution in [1.82, 2.24) is 4.57 Å². The molecular weight excluding hydrogens is 420 g/mol. The lowest BCUT2D eigenvalue weighted by molar-refractivity contribution is -0.118. The Hall–Kier alpha value is -2.96. The first kappa shape index (κ1) is 23.2. The standard InChI is InChI=1S/C26H34N2O5/c1-17-21(26(30)31)16-22(19-8-10-23-24(15-19)33-13-5-12-32-23)28(17)20(9-11-25(27)29)14-18-6-3-2-4-7-18/h8,10,15-16,18,20H,2-7,9,11-14H2,1H3,(H2,27,29)(H,30,31). The average Bonchev–Trinajstić information content (AvgIpc) is 2.98. The van der Waals surface area contributed by atoms with Crippen LogP contribution in [-0.2, 0) is 4.79 Å². The zero-order chi connectivity index (χ0) is 23.4. The van der Waals surface area contributed by atoms with Crippen LogP contribution in [0.1, 0.15) is 79.9 Å². The van der Waals surface area contributed by atoms with Crippen LogP contribution in [0, 0.1) is 12.8 Å². The lowest BCUT2D eigenvalue weighted by Gasteiger charge is -2.30. The molecule has 0 saturated heterocycles. The van der Waals surface area contributed by atoms with Crippen LogP contribution >= 0.6 is 0 Å². The molecular formula is C26H34N2O5. The number of aromatic carboxylic acids is 1. The van der Waals surface area contributed by atoms with Crippen LogP contribution in [0.4, 0.5) is 0 Å². The number of nitrogens with two attached hydrogens (primary N) is 1. The van der Waals surface area contributed by atoms with Gasteiger partial charge in [0.2, 0.25) is 5.91 Å². The molecule has 7 heteroatoms. The van der Waals surface area contributed by atoms with Gasteiger partial charge in [-0.25, -0.2) is 4.79 Å². The van der Waals surface area contributed by atoms with Crippen molar-refractivity contribution in [1.29, 1.82) is 0 Å². The van der Waals surface area contributed by atoms with Crippen LogP contribution in [0.15, 0.2) is 24.3 Å². The maximum atomic E-state index is 12.0. The van der Waals surface area contributed by atoms with Gasteiger partial charge in [-0.1, -0.05) is 32.1 Å². The van der Waals surface area contributed by atoms with Gasteiger partial charge in [0.05, 0.1) is 18.8 Å². The molecule has 3 N–H and O–H groups in total. The molecule has 33 heavy (non-hydrogen) atoms. The Kier molecular flexibility index (Phi) is 7.26. The van der Waals surface area contributed by atoms with Crippen molar-refractivity contribution in [2.45, 2.75) is 70.8 Å². The Morgan fingerprint density at radius 1 is 1.09 bits per heavy atom. The number of hydrogen-bond acceptors (Lipinski definition) is 4. The molecule has 2 heterocycles. The van der Waals surface area contributed by atoms with E-state index in [0.29, 0.717) is 42.7 Å². The van der Waals surface area contributed by atoms with Gasteiger partial charge in [0, 0.05) is 35.8 Å². The number of rotatable bonds is 8. The molecule has 178 valence electrons. The fourth-order valence-corrected chi connectivity index (χ4v) is 5.32. The molecule has 4 rings (SSSR count). The maximum Gasteiger partial charge on any atom is 0.337 e. The summed E-state index contributed by atoms with van der Waals surface area (Å²) >= 11 is 0. The van der Waals surface area contributed by atoms with Gasteiger partial charge in [0.1, 0.15) is 0 Å². The van der Waals surface area contributed by atoms with Gasteiger partial charge in [-0.15, -0.1) is 0 Å². The van der Waals surface area contributed by atoms with Gasteiger partial charge in [-0.05, 0) is 49.9 Å². The highest BCUT2D eigenvalue weighted by atomic mass is 16.5. The topological polar surface area (TPSA) is 104 Å². The Bertz CT molecular complexity index is 1010. The van der Waals surface area contributed by atoms with Gasteiger partial charge in [-0.3, -0.25) is 4.79 Å². The molecule has 1 aliphatic carbocycles. The molecule has 2 aromatic rings. The number of aromatic nitrogens is 1. The van der Waals surface area contributed by atoms with Gasteiger partial charge in [0.15, 0.2) is 11.5 Å². The van der Waals surface area contributed by atoms with Gasteiger partial charge < -0.3 is 24.9 Å². The quantitative estimate of drug-likeness (QED) is 0.577. The number of carboxylic acid groups (broad SMARTS) is 1. The third-order valence-corrected chi connectivity index (χ3v) is 6.98. The zero-order valence-corrected chi connectivity index (χ0v) is 19.3. The smallest absolute Gasteiger partial charge is 0.337 e. The number of hydrogen-bond donors (Lipinski definition) is 2. The fourth-order valence-electron chi connectivity index (χ4n) is 5.32. The van der Waals surface area contributed by atoms with Gasteiger partial charge in [0.25, 0.3) is 0 Å². The highest BCUT2D eigenvalue weighted by Crippen LogP contribution is 2.40. The van der Waals surface area contributed by atoms with E-state index in [4.69, 9.17) is 15.2 Å². The van der Waals surface area contributed by atoms with E-state index in [2.05, 4.69) is 4.57 Å². The monoisotopic (exact) mass is 454 g/mol. The fraction of sp³-hybridized carbons (Fsp3) is 0.538. The lowest BCUT2D eigenvalue weighted by atomic mass is 9.83. The minimum absolute atomic E-state index is 0.000298. The van der Waals surface area contributed by atoms with Crippen molar-refractivity contribution in [3.05, 3.63) is 35.5 Å². The van der Waals surface area contributed by atoms with Crippen LogP contribution in [0.3, 0.4) is 0 Å². The second-order valence-corrected chi connectivity index (χ2v) is 9.31. The first-order valence-corrected chi connectivity index (χ1v) is 12.1. The van der Waals surface area contributed by atoms with E-state index < -0.39 is 5.97 Å². The minimum Gasteiger partial charge on any atom is -0.490 e. The van der Waals surface area contributed by atoms with Crippen LogP contribution in [0.5, 0.6) is 11.5 Å². The second kappa shape index (κ2) is 10.3. The molecule has 0 spiro atoms. The first-order chi connectivity index (χ1) is 15.9. The molecule has 0 radical (unpaired) electrons. The number of carboxylic acids is 1. The number of carbonyl (C=O) groups excluding carboxylic acids is 1. The number of benzene rings is 1. The summed E-state index contributed by atoms with van der Waals surface area (Å²) in [4.78, 5) is 23.7. The summed E-state index contributed by atoms with van der Waals surface area (Å²) in [5.74, 6) is 0.672. The van der Waals surface area contributed by atoms with E-state index in [9.17, 15) is 14.7 Å². The van der Waals surface area contributed by atoms with Crippen LogP contribution in [0.2, 0.25) is 0 Å². The normalized spacial score (nSPS) is 17.4. The molecule has 2 aliphatic rings. The maximum absolute atomic E-state index is 12.0. The molecule has 1 amide bonds. The largest absolute Gasteiger partial charge is 0.490 e. The molecule has 7 nitrogen and oxygen atoms in total. The molecule has 1 fully saturated rings. The van der Waals surface area contributed by atoms with E-state index in [-0.39, 0.29) is 23.9 Å². The molecule has 1 atom stereocenters. The van der Waals surface area contributed by atoms with Crippen molar-refractivity contribution in [3.8, 4) is 22.8 Å². The Morgan fingerprint density at radius 3 is 2.52 bits per heavy atom. The summed E-state index contributed by atoms with van der Waals surface area (Å²) in [6.45, 7) is 3.05. The van der Waals surface area contributed by atoms with Crippen LogP contribution in [-0.4, -0.2) is 34.8 Å². The summed E-state index contributed by atoms with van der Waals surface area (Å²) in [6, 6.07) is 7.52. The predicted molar refractivity (Wildman–Crippen MR) is 126 cm³/mol. The van der Waals surface area contributed by atoms with E-state index >= 15 is 0 Å². The average molecular weight is 455 g/mol. The highest BCUT2D eigenvalue weighted by Gasteiger charge is 2.27. The van der Waals surface area contributed by atoms with Crippen molar-refractivity contribution in [2.24, 2.45) is 11.7 Å². The van der Waals surface area contributed by atoms with E-state index in [1.54, 1.807) is 6.07 Å². The Balaban J connectivity index is 1.76. The number of ether oxygens (including phenoxy) is 2. The Labute approximate surface area is 194 Å². The molecule has 1 aromatic heterocycles. The first-order valence-electron chi connectivity index (χ1n) is 12.1. The van der Waals surface area contributed by atoms with Crippen molar-refractivity contribution in [2.75, 3.05) is 13.2 Å². The van der Waals surface area contributed by atoms with Crippen LogP contribution < -0.4 is 15.2 Å². The minimum atomic E-state index is -0.951. The van der Waals surface area contributed by atoms with Gasteiger partial charge in [-0.2, -0.15) is 0 Å². The van der Waals surface area contributed by atoms with Crippen molar-refractivity contribution >= 4 is 11.9 Å². The molecule has 0 bridgehead atoms. The van der Waals surface area contributed by atoms with E-state index in [1.807, 2.05) is 25.1 Å². The van der Waals surface area contributed by atoms with Gasteiger partial charge >= 0.3 is 5.97 Å². The van der Waals surface area contributed by atoms with E-state index in [0.717, 1.165) is 24.1 Å². The van der Waals surface area contributed by atoms with Crippen LogP contribution in [0.25, 0.3) is 11.3 Å². The number of primary amides is 1. The molecule has 1 aromatic carbocycles. The predicted octanol–water partition coefficient (Wildman–Crippen LogP) is 5.10. The number of amides is 1. The third-order valence-electron chi connectivity index (χ3n) is 6.98. The third kappa shape index (κ3) is 5.34. The van der Waals surface area contributed by atoms with Crippen molar-refractivity contribution < 1.29 is 24.2 Å². The summed E-state index contributed by atoms with van der Waals surface area (Å²) in [5, 5.41) is 9.87. The second-order valence-electron chi connectivity index (χ2n) is 9.31. The molecule has 1 aliphatic heterocycles. The summed E-state index contributed by atoms with van der Waals surface area (Å²) in [7, 11) is 0. The number of fused-ring (bicyclic) bond motifs is 1. The SMILES string of the molecule is Cc1c(C(=O)O)cc(-c2ccc3c(c2)OCCCO3)n1C(CCC(N)=O)CC1CCCCC1. The summed E-state index contributed by atoms with van der Waals surface area (Å²) in [5.41, 5.74) is 8.20.